The predicted octanol–water partition coefficient (Wildman–Crippen LogP) is 1.20. The number of halogens is 1. The standard InChI is InChI=1S/C13H17FN4O3/c1-13(2,6-15-21)18-12(20)17-10-5-9-7(3-8(10)14)4-11(19)16-9/h3,5,15,21H,4,6H2,1-2H3,(H,16,19)(H2,17,18,20). The topological polar surface area (TPSA) is 102 Å². The molecule has 0 saturated heterocycles. The molecule has 114 valence electrons. The third-order valence-corrected chi connectivity index (χ3v) is 3.04. The van der Waals surface area contributed by atoms with Gasteiger partial charge in [-0.2, -0.15) is 0 Å². The maximum Gasteiger partial charge on any atom is 0.319 e. The Morgan fingerprint density at radius 1 is 1.48 bits per heavy atom. The van der Waals surface area contributed by atoms with Crippen LogP contribution in [0.1, 0.15) is 19.4 Å². The lowest BCUT2D eigenvalue weighted by molar-refractivity contribution is -0.115. The van der Waals surface area contributed by atoms with Crippen molar-refractivity contribution < 1.29 is 19.2 Å². The van der Waals surface area contributed by atoms with Crippen molar-refractivity contribution in [3.63, 3.8) is 0 Å². The fourth-order valence-electron chi connectivity index (χ4n) is 2.04. The molecule has 21 heavy (non-hydrogen) atoms. The lowest BCUT2D eigenvalue weighted by atomic mass is 10.1. The first kappa shape index (κ1) is 15.2. The summed E-state index contributed by atoms with van der Waals surface area (Å²) in [7, 11) is 0. The minimum atomic E-state index is -0.722. The van der Waals surface area contributed by atoms with E-state index < -0.39 is 17.4 Å². The zero-order valence-corrected chi connectivity index (χ0v) is 11.7. The van der Waals surface area contributed by atoms with Crippen LogP contribution in [0.25, 0.3) is 0 Å². The molecule has 1 aromatic carbocycles. The Morgan fingerprint density at radius 2 is 2.19 bits per heavy atom. The third kappa shape index (κ3) is 3.67. The lowest BCUT2D eigenvalue weighted by Gasteiger charge is -2.25. The molecule has 1 aliphatic rings. The van der Waals surface area contributed by atoms with Crippen LogP contribution >= 0.6 is 0 Å². The number of benzene rings is 1. The van der Waals surface area contributed by atoms with Gasteiger partial charge in [0.2, 0.25) is 5.91 Å². The molecule has 0 atom stereocenters. The maximum atomic E-state index is 13.9. The van der Waals surface area contributed by atoms with Crippen LogP contribution < -0.4 is 21.4 Å². The molecule has 0 spiro atoms. The summed E-state index contributed by atoms with van der Waals surface area (Å²) in [4.78, 5) is 23.1. The van der Waals surface area contributed by atoms with Gasteiger partial charge in [0.05, 0.1) is 17.6 Å². The van der Waals surface area contributed by atoms with Crippen molar-refractivity contribution in [1.82, 2.24) is 10.8 Å². The minimum Gasteiger partial charge on any atom is -0.332 e. The van der Waals surface area contributed by atoms with E-state index in [0.717, 1.165) is 0 Å². The quantitative estimate of drug-likeness (QED) is 0.539. The summed E-state index contributed by atoms with van der Waals surface area (Å²) in [6.45, 7) is 3.51. The van der Waals surface area contributed by atoms with Crippen molar-refractivity contribution in [2.24, 2.45) is 0 Å². The van der Waals surface area contributed by atoms with E-state index in [2.05, 4.69) is 16.0 Å². The minimum absolute atomic E-state index is 0.0267. The molecule has 0 fully saturated rings. The number of hydrogen-bond acceptors (Lipinski definition) is 4. The second-order valence-electron chi connectivity index (χ2n) is 5.51. The predicted molar refractivity (Wildman–Crippen MR) is 74.8 cm³/mol. The van der Waals surface area contributed by atoms with Gasteiger partial charge in [-0.25, -0.2) is 14.7 Å². The summed E-state index contributed by atoms with van der Waals surface area (Å²) in [5.74, 6) is -0.820. The molecule has 8 heteroatoms. The monoisotopic (exact) mass is 296 g/mol. The SMILES string of the molecule is CC(C)(CNO)NC(=O)Nc1cc2c(cc1F)CC(=O)N2. The molecule has 0 aromatic heterocycles. The Hall–Kier alpha value is -2.19. The number of hydroxylamine groups is 1. The van der Waals surface area contributed by atoms with Gasteiger partial charge in [-0.15, -0.1) is 0 Å². The van der Waals surface area contributed by atoms with E-state index in [1.807, 2.05) is 5.48 Å². The van der Waals surface area contributed by atoms with Gasteiger partial charge in [-0.05, 0) is 31.5 Å². The molecule has 0 aliphatic carbocycles. The largest absolute Gasteiger partial charge is 0.332 e. The van der Waals surface area contributed by atoms with Gasteiger partial charge in [-0.3, -0.25) is 4.79 Å². The summed E-state index contributed by atoms with van der Waals surface area (Å²) in [5, 5.41) is 16.2. The van der Waals surface area contributed by atoms with Crippen molar-refractivity contribution in [3.8, 4) is 0 Å². The average molecular weight is 296 g/mol. The Kier molecular flexibility index (Phi) is 4.10. The summed E-state index contributed by atoms with van der Waals surface area (Å²) >= 11 is 0. The molecular weight excluding hydrogens is 279 g/mol. The molecule has 0 radical (unpaired) electrons. The summed E-state index contributed by atoms with van der Waals surface area (Å²) in [6.07, 6.45) is 0.133. The normalized spacial score (nSPS) is 13.6. The van der Waals surface area contributed by atoms with Gasteiger partial charge >= 0.3 is 6.03 Å². The maximum absolute atomic E-state index is 13.9. The third-order valence-electron chi connectivity index (χ3n) is 3.04. The van der Waals surface area contributed by atoms with Crippen molar-refractivity contribution in [1.29, 1.82) is 0 Å². The van der Waals surface area contributed by atoms with E-state index in [4.69, 9.17) is 5.21 Å². The van der Waals surface area contributed by atoms with Gasteiger partial charge in [0, 0.05) is 12.2 Å². The van der Waals surface area contributed by atoms with Gasteiger partial charge in [0.25, 0.3) is 0 Å². The van der Waals surface area contributed by atoms with E-state index in [1.165, 1.54) is 12.1 Å². The number of carbonyl (C=O) groups excluding carboxylic acids is 2. The van der Waals surface area contributed by atoms with Crippen molar-refractivity contribution in [2.75, 3.05) is 17.2 Å². The fourth-order valence-corrected chi connectivity index (χ4v) is 2.04. The van der Waals surface area contributed by atoms with Gasteiger partial charge in [-0.1, -0.05) is 0 Å². The fraction of sp³-hybridized carbons (Fsp3) is 0.385. The number of carbonyl (C=O) groups is 2. The molecule has 1 aliphatic heterocycles. The molecule has 7 nitrogen and oxygen atoms in total. The Morgan fingerprint density at radius 3 is 2.86 bits per heavy atom. The molecule has 2 rings (SSSR count). The summed E-state index contributed by atoms with van der Waals surface area (Å²) < 4.78 is 13.9. The number of anilines is 2. The van der Waals surface area contributed by atoms with Crippen LogP contribution in [-0.4, -0.2) is 29.2 Å². The zero-order chi connectivity index (χ0) is 15.6. The lowest BCUT2D eigenvalue weighted by Crippen LogP contribution is -2.51. The second-order valence-corrected chi connectivity index (χ2v) is 5.51. The van der Waals surface area contributed by atoms with E-state index in [1.54, 1.807) is 13.8 Å². The van der Waals surface area contributed by atoms with Crippen molar-refractivity contribution >= 4 is 23.3 Å². The van der Waals surface area contributed by atoms with Crippen LogP contribution in [-0.2, 0) is 11.2 Å². The van der Waals surface area contributed by atoms with Crippen molar-refractivity contribution in [3.05, 3.63) is 23.5 Å². The first-order valence-electron chi connectivity index (χ1n) is 6.39. The van der Waals surface area contributed by atoms with Crippen LogP contribution in [0.3, 0.4) is 0 Å². The molecule has 0 unspecified atom stereocenters. The number of hydrogen-bond donors (Lipinski definition) is 5. The number of amides is 3. The van der Waals surface area contributed by atoms with E-state index >= 15 is 0 Å². The Bertz CT molecular complexity index is 589. The van der Waals surface area contributed by atoms with Gasteiger partial charge in [0.15, 0.2) is 0 Å². The number of fused-ring (bicyclic) bond motifs is 1. The first-order valence-corrected chi connectivity index (χ1v) is 6.39. The van der Waals surface area contributed by atoms with E-state index in [0.29, 0.717) is 11.3 Å². The molecule has 0 bridgehead atoms. The molecule has 5 N–H and O–H groups in total. The van der Waals surface area contributed by atoms with E-state index in [9.17, 15) is 14.0 Å². The molecular formula is C13H17FN4O3. The molecule has 1 heterocycles. The average Bonchev–Trinajstić information content (AvgIpc) is 2.67. The smallest absolute Gasteiger partial charge is 0.319 e. The molecule has 0 saturated carbocycles. The van der Waals surface area contributed by atoms with Crippen LogP contribution in [0, 0.1) is 5.82 Å². The Balaban J connectivity index is 2.08. The highest BCUT2D eigenvalue weighted by molar-refractivity contribution is 6.00. The van der Waals surface area contributed by atoms with E-state index in [-0.39, 0.29) is 24.6 Å². The van der Waals surface area contributed by atoms with Crippen LogP contribution in [0.15, 0.2) is 12.1 Å². The van der Waals surface area contributed by atoms with Crippen LogP contribution in [0.4, 0.5) is 20.6 Å². The highest BCUT2D eigenvalue weighted by Gasteiger charge is 2.23. The Labute approximate surface area is 120 Å². The summed E-state index contributed by atoms with van der Waals surface area (Å²) in [6, 6.07) is 1.99. The highest BCUT2D eigenvalue weighted by Crippen LogP contribution is 2.29. The molecule has 1 aromatic rings. The molecule has 3 amide bonds. The van der Waals surface area contributed by atoms with Crippen LogP contribution in [0.5, 0.6) is 0 Å². The second kappa shape index (κ2) is 5.66. The van der Waals surface area contributed by atoms with Crippen molar-refractivity contribution in [2.45, 2.75) is 25.8 Å². The number of nitrogens with one attached hydrogen (secondary N) is 4. The van der Waals surface area contributed by atoms with Gasteiger partial charge in [0.1, 0.15) is 5.82 Å². The number of urea groups is 1. The summed E-state index contributed by atoms with van der Waals surface area (Å²) in [5.41, 5.74) is 2.27. The highest BCUT2D eigenvalue weighted by atomic mass is 19.1. The zero-order valence-electron chi connectivity index (χ0n) is 11.7. The first-order chi connectivity index (χ1) is 9.80. The van der Waals surface area contributed by atoms with Gasteiger partial charge < -0.3 is 21.2 Å². The number of rotatable bonds is 4. The van der Waals surface area contributed by atoms with Crippen LogP contribution in [0.2, 0.25) is 0 Å².